The van der Waals surface area contributed by atoms with Crippen LogP contribution in [0.15, 0.2) is 0 Å². The van der Waals surface area contributed by atoms with Gasteiger partial charge in [-0.05, 0) is 18.8 Å². The third-order valence-electron chi connectivity index (χ3n) is 3.47. The molecule has 1 saturated carbocycles. The first-order valence-electron chi connectivity index (χ1n) is 5.47. The molecule has 0 aliphatic heterocycles. The Morgan fingerprint density at radius 1 is 1.44 bits per heavy atom. The van der Waals surface area contributed by atoms with Crippen LogP contribution < -0.4 is 0 Å². The van der Waals surface area contributed by atoms with Gasteiger partial charge in [0.1, 0.15) is 0 Å². The van der Waals surface area contributed by atoms with Crippen molar-refractivity contribution < 1.29 is 23.8 Å². The predicted molar refractivity (Wildman–Crippen MR) is 54.6 cm³/mol. The van der Waals surface area contributed by atoms with Crippen molar-refractivity contribution in [1.29, 1.82) is 0 Å². The van der Waals surface area contributed by atoms with E-state index >= 15 is 0 Å². The molecule has 0 heterocycles. The summed E-state index contributed by atoms with van der Waals surface area (Å²) in [4.78, 5) is 23.0. The fourth-order valence-corrected chi connectivity index (χ4v) is 2.59. The monoisotopic (exact) mass is 232 g/mol. The quantitative estimate of drug-likeness (QED) is 0.579. The smallest absolute Gasteiger partial charge is 0.323 e. The van der Waals surface area contributed by atoms with Crippen LogP contribution in [0.1, 0.15) is 32.1 Å². The highest BCUT2D eigenvalue weighted by atomic mass is 19.1. The highest BCUT2D eigenvalue weighted by Crippen LogP contribution is 2.43. The molecule has 0 aromatic rings. The molecule has 16 heavy (non-hydrogen) atoms. The minimum absolute atomic E-state index is 0.292. The van der Waals surface area contributed by atoms with Crippen LogP contribution in [-0.2, 0) is 14.3 Å². The van der Waals surface area contributed by atoms with Gasteiger partial charge in [-0.3, -0.25) is 14.0 Å². The van der Waals surface area contributed by atoms with Gasteiger partial charge in [-0.15, -0.1) is 0 Å². The fraction of sp³-hybridized carbons (Fsp3) is 0.818. The van der Waals surface area contributed by atoms with Crippen molar-refractivity contribution >= 4 is 11.9 Å². The average Bonchev–Trinajstić information content (AvgIpc) is 2.78. The highest BCUT2D eigenvalue weighted by molar-refractivity contribution is 5.99. The van der Waals surface area contributed by atoms with E-state index in [0.717, 1.165) is 20.0 Å². The van der Waals surface area contributed by atoms with Gasteiger partial charge in [0, 0.05) is 6.42 Å². The number of carbonyl (C=O) groups is 2. The molecule has 1 fully saturated rings. The Hall–Kier alpha value is -1.13. The first-order valence-corrected chi connectivity index (χ1v) is 5.47. The van der Waals surface area contributed by atoms with Gasteiger partial charge in [0.2, 0.25) is 0 Å². The summed E-state index contributed by atoms with van der Waals surface area (Å²) in [5.74, 6) is -2.37. The van der Waals surface area contributed by atoms with E-state index in [0.29, 0.717) is 12.8 Å². The highest BCUT2D eigenvalue weighted by Gasteiger charge is 2.53. The molecule has 0 aromatic heterocycles. The predicted octanol–water partition coefficient (Wildman–Crippen LogP) is 1.78. The second-order valence-electron chi connectivity index (χ2n) is 4.19. The van der Waals surface area contributed by atoms with Gasteiger partial charge >= 0.3 is 11.9 Å². The lowest BCUT2D eigenvalue weighted by atomic mass is 9.72. The van der Waals surface area contributed by atoms with Gasteiger partial charge in [-0.1, -0.05) is 12.8 Å². The van der Waals surface area contributed by atoms with Gasteiger partial charge in [0.05, 0.1) is 13.8 Å². The molecule has 1 aliphatic rings. The molecule has 1 N–H and O–H groups in total. The Morgan fingerprint density at radius 3 is 2.38 bits per heavy atom. The number of aliphatic carboxylic acids is 1. The van der Waals surface area contributed by atoms with E-state index in [1.54, 1.807) is 0 Å². The fourth-order valence-electron chi connectivity index (χ4n) is 2.59. The van der Waals surface area contributed by atoms with Gasteiger partial charge in [0.25, 0.3) is 0 Å². The maximum absolute atomic E-state index is 12.5. The standard InChI is InChI=1S/C11H17FO4/c1-16-10(15)11(6-7-12,9(13)14)8-4-2-3-5-8/h8H,2-7H2,1H3,(H,13,14). The number of carbonyl (C=O) groups excluding carboxylic acids is 1. The third-order valence-corrected chi connectivity index (χ3v) is 3.47. The first-order chi connectivity index (χ1) is 7.59. The van der Waals surface area contributed by atoms with Crippen molar-refractivity contribution in [2.75, 3.05) is 13.8 Å². The number of carboxylic acid groups (broad SMARTS) is 1. The maximum Gasteiger partial charge on any atom is 0.323 e. The molecule has 5 heteroatoms. The molecule has 1 atom stereocenters. The van der Waals surface area contributed by atoms with Gasteiger partial charge in [-0.25, -0.2) is 0 Å². The third kappa shape index (κ3) is 2.03. The van der Waals surface area contributed by atoms with Crippen molar-refractivity contribution in [1.82, 2.24) is 0 Å². The van der Waals surface area contributed by atoms with Crippen LogP contribution in [0.4, 0.5) is 4.39 Å². The van der Waals surface area contributed by atoms with Crippen molar-refractivity contribution in [3.8, 4) is 0 Å². The van der Waals surface area contributed by atoms with Crippen LogP contribution in [0.3, 0.4) is 0 Å². The van der Waals surface area contributed by atoms with Crippen LogP contribution >= 0.6 is 0 Å². The SMILES string of the molecule is COC(=O)C(CCF)(C(=O)O)C1CCCC1. The molecule has 1 rings (SSSR count). The summed E-state index contributed by atoms with van der Waals surface area (Å²) in [6.07, 6.45) is 2.80. The van der Waals surface area contributed by atoms with E-state index in [1.807, 2.05) is 0 Å². The molecule has 0 radical (unpaired) electrons. The Kier molecular flexibility index (Phi) is 4.26. The molecule has 0 saturated heterocycles. The number of esters is 1. The number of alkyl halides is 1. The van der Waals surface area contributed by atoms with E-state index in [9.17, 15) is 19.1 Å². The lowest BCUT2D eigenvalue weighted by Gasteiger charge is -2.31. The van der Waals surface area contributed by atoms with Gasteiger partial charge < -0.3 is 9.84 Å². The van der Waals surface area contributed by atoms with Crippen LogP contribution in [0.25, 0.3) is 0 Å². The molecule has 0 amide bonds. The normalized spacial score (nSPS) is 20.4. The minimum Gasteiger partial charge on any atom is -0.480 e. The van der Waals surface area contributed by atoms with E-state index in [1.165, 1.54) is 0 Å². The summed E-state index contributed by atoms with van der Waals surface area (Å²) in [5.41, 5.74) is -1.68. The number of methoxy groups -OCH3 is 1. The molecule has 4 nitrogen and oxygen atoms in total. The van der Waals surface area contributed by atoms with E-state index in [2.05, 4.69) is 4.74 Å². The summed E-state index contributed by atoms with van der Waals surface area (Å²) in [6.45, 7) is -0.822. The maximum atomic E-state index is 12.5. The van der Waals surface area contributed by atoms with Crippen molar-refractivity contribution in [3.05, 3.63) is 0 Å². The van der Waals surface area contributed by atoms with Gasteiger partial charge in [-0.2, -0.15) is 0 Å². The molecule has 0 bridgehead atoms. The Bertz CT molecular complexity index is 273. The number of hydrogen-bond acceptors (Lipinski definition) is 3. The summed E-state index contributed by atoms with van der Waals surface area (Å²) in [6, 6.07) is 0. The average molecular weight is 232 g/mol. The van der Waals surface area contributed by atoms with Gasteiger partial charge in [0.15, 0.2) is 5.41 Å². The number of ether oxygens (including phenoxy) is 1. The van der Waals surface area contributed by atoms with Crippen molar-refractivity contribution in [2.45, 2.75) is 32.1 Å². The Labute approximate surface area is 93.8 Å². The lowest BCUT2D eigenvalue weighted by Crippen LogP contribution is -2.46. The zero-order valence-corrected chi connectivity index (χ0v) is 9.37. The zero-order valence-electron chi connectivity index (χ0n) is 9.37. The summed E-state index contributed by atoms with van der Waals surface area (Å²) in [7, 11) is 1.15. The molecule has 1 aliphatic carbocycles. The largest absolute Gasteiger partial charge is 0.480 e. The molecule has 0 aromatic carbocycles. The molecule has 92 valence electrons. The zero-order chi connectivity index (χ0) is 12.2. The number of hydrogen-bond donors (Lipinski definition) is 1. The number of halogens is 1. The molecule has 1 unspecified atom stereocenters. The summed E-state index contributed by atoms with van der Waals surface area (Å²) in [5, 5.41) is 9.25. The lowest BCUT2D eigenvalue weighted by molar-refractivity contribution is -0.172. The molecule has 0 spiro atoms. The van der Waals surface area contributed by atoms with Crippen LogP contribution in [0, 0.1) is 11.3 Å². The number of rotatable bonds is 5. The second-order valence-corrected chi connectivity index (χ2v) is 4.19. The van der Waals surface area contributed by atoms with Crippen LogP contribution in [0.2, 0.25) is 0 Å². The summed E-state index contributed by atoms with van der Waals surface area (Å²) < 4.78 is 17.1. The van der Waals surface area contributed by atoms with Crippen molar-refractivity contribution in [2.24, 2.45) is 11.3 Å². The summed E-state index contributed by atoms with van der Waals surface area (Å²) >= 11 is 0. The topological polar surface area (TPSA) is 63.6 Å². The van der Waals surface area contributed by atoms with E-state index in [4.69, 9.17) is 0 Å². The Morgan fingerprint density at radius 2 is 2.00 bits per heavy atom. The minimum atomic E-state index is -1.68. The van der Waals surface area contributed by atoms with E-state index < -0.39 is 24.0 Å². The molecular weight excluding hydrogens is 215 g/mol. The van der Waals surface area contributed by atoms with Crippen molar-refractivity contribution in [3.63, 3.8) is 0 Å². The van der Waals surface area contributed by atoms with Crippen LogP contribution in [-0.4, -0.2) is 30.8 Å². The number of carboxylic acids is 1. The second kappa shape index (κ2) is 5.27. The Balaban J connectivity index is 3.04. The van der Waals surface area contributed by atoms with E-state index in [-0.39, 0.29) is 12.3 Å². The molecular formula is C11H17FO4. The first kappa shape index (κ1) is 12.9. The van der Waals surface area contributed by atoms with Crippen LogP contribution in [0.5, 0.6) is 0 Å².